The maximum Gasteiger partial charge on any atom is 0.123 e. The van der Waals surface area contributed by atoms with Crippen LogP contribution in [-0.4, -0.2) is 0 Å². The van der Waals surface area contributed by atoms with Crippen molar-refractivity contribution in [2.24, 2.45) is 0 Å². The van der Waals surface area contributed by atoms with Crippen LogP contribution in [0.1, 0.15) is 9.30 Å². The summed E-state index contributed by atoms with van der Waals surface area (Å²) in [6, 6.07) is 14.5. The van der Waals surface area contributed by atoms with Gasteiger partial charge in [-0.05, 0) is 28.8 Å². The quantitative estimate of drug-likeness (QED) is 0.650. The van der Waals surface area contributed by atoms with E-state index in [1.165, 1.54) is 12.1 Å². The van der Waals surface area contributed by atoms with Gasteiger partial charge in [-0.3, -0.25) is 0 Å². The molecule has 0 aliphatic carbocycles. The van der Waals surface area contributed by atoms with Gasteiger partial charge in [-0.15, -0.1) is 0 Å². The van der Waals surface area contributed by atoms with Crippen LogP contribution in [0.25, 0.3) is 11.1 Å². The van der Waals surface area contributed by atoms with Crippen LogP contribution in [0.2, 0.25) is 0 Å². The van der Waals surface area contributed by atoms with Crippen molar-refractivity contribution < 1.29 is 4.39 Å². The second-order valence-electron chi connectivity index (χ2n) is 3.39. The minimum atomic E-state index is -0.213. The molecule has 0 amide bonds. The van der Waals surface area contributed by atoms with Gasteiger partial charge in [-0.25, -0.2) is 4.39 Å². The first-order valence-corrected chi connectivity index (χ1v) is 6.64. The highest BCUT2D eigenvalue weighted by Crippen LogP contribution is 2.36. The first-order chi connectivity index (χ1) is 7.68. The van der Waals surface area contributed by atoms with E-state index in [1.807, 2.05) is 24.3 Å². The summed E-state index contributed by atoms with van der Waals surface area (Å²) in [5.41, 5.74) is 3.25. The van der Waals surface area contributed by atoms with E-state index in [2.05, 4.69) is 31.9 Å². The standard InChI is InChI=1S/C13H9Br2F/c14-13(15)12-4-2-1-3-11(12)9-5-7-10(16)8-6-9/h1-8,13H. The summed E-state index contributed by atoms with van der Waals surface area (Å²) >= 11 is 6.98. The van der Waals surface area contributed by atoms with Gasteiger partial charge < -0.3 is 0 Å². The van der Waals surface area contributed by atoms with Gasteiger partial charge in [-0.1, -0.05) is 68.3 Å². The summed E-state index contributed by atoms with van der Waals surface area (Å²) < 4.78 is 12.9. The van der Waals surface area contributed by atoms with E-state index in [0.29, 0.717) is 0 Å². The third kappa shape index (κ3) is 2.53. The lowest BCUT2D eigenvalue weighted by Gasteiger charge is -2.10. The average molecular weight is 344 g/mol. The molecule has 0 atom stereocenters. The molecule has 0 unspecified atom stereocenters. The first-order valence-electron chi connectivity index (χ1n) is 4.81. The Morgan fingerprint density at radius 1 is 0.875 bits per heavy atom. The molecule has 0 saturated carbocycles. The predicted molar refractivity (Wildman–Crippen MR) is 72.4 cm³/mol. The SMILES string of the molecule is Fc1ccc(-c2ccccc2C(Br)Br)cc1. The van der Waals surface area contributed by atoms with Gasteiger partial charge >= 0.3 is 0 Å². The molecule has 0 spiro atoms. The maximum atomic E-state index is 12.8. The van der Waals surface area contributed by atoms with Crippen molar-refractivity contribution in [2.75, 3.05) is 0 Å². The topological polar surface area (TPSA) is 0 Å². The third-order valence-electron chi connectivity index (χ3n) is 2.35. The van der Waals surface area contributed by atoms with E-state index in [4.69, 9.17) is 0 Å². The minimum Gasteiger partial charge on any atom is -0.207 e. The predicted octanol–water partition coefficient (Wildman–Crippen LogP) is 5.28. The van der Waals surface area contributed by atoms with Crippen molar-refractivity contribution in [3.05, 3.63) is 59.9 Å². The molecule has 0 heterocycles. The van der Waals surface area contributed by atoms with Crippen LogP contribution in [0, 0.1) is 5.82 Å². The van der Waals surface area contributed by atoms with Gasteiger partial charge in [-0.2, -0.15) is 0 Å². The van der Waals surface area contributed by atoms with Gasteiger partial charge in [0, 0.05) is 0 Å². The Morgan fingerprint density at radius 2 is 1.50 bits per heavy atom. The summed E-state index contributed by atoms with van der Waals surface area (Å²) in [6.07, 6.45) is 0. The molecule has 0 fully saturated rings. The van der Waals surface area contributed by atoms with Crippen molar-refractivity contribution in [1.82, 2.24) is 0 Å². The van der Waals surface area contributed by atoms with Crippen molar-refractivity contribution in [3.8, 4) is 11.1 Å². The van der Waals surface area contributed by atoms with Crippen LogP contribution in [-0.2, 0) is 0 Å². The summed E-state index contributed by atoms with van der Waals surface area (Å²) in [7, 11) is 0. The van der Waals surface area contributed by atoms with Crippen molar-refractivity contribution >= 4 is 31.9 Å². The molecule has 0 nitrogen and oxygen atoms in total. The average Bonchev–Trinajstić information content (AvgIpc) is 2.30. The second-order valence-corrected chi connectivity index (χ2v) is 6.45. The summed E-state index contributed by atoms with van der Waals surface area (Å²) in [6.45, 7) is 0. The van der Waals surface area contributed by atoms with Crippen molar-refractivity contribution in [1.29, 1.82) is 0 Å². The molecule has 0 N–H and O–H groups in total. The third-order valence-corrected chi connectivity index (χ3v) is 3.34. The molecule has 0 aliphatic heterocycles. The number of hydrogen-bond donors (Lipinski definition) is 0. The molecular formula is C13H9Br2F. The lowest BCUT2D eigenvalue weighted by atomic mass is 10.0. The molecule has 0 aromatic heterocycles. The highest BCUT2D eigenvalue weighted by molar-refractivity contribution is 9.24. The largest absolute Gasteiger partial charge is 0.207 e. The summed E-state index contributed by atoms with van der Waals surface area (Å²) in [5.74, 6) is -0.213. The van der Waals surface area contributed by atoms with Crippen LogP contribution >= 0.6 is 31.9 Å². The number of rotatable bonds is 2. The molecule has 0 aliphatic rings. The molecular weight excluding hydrogens is 335 g/mol. The van der Waals surface area contributed by atoms with E-state index >= 15 is 0 Å². The van der Waals surface area contributed by atoms with E-state index in [0.717, 1.165) is 16.7 Å². The Balaban J connectivity index is 2.51. The fourth-order valence-corrected chi connectivity index (χ4v) is 2.38. The number of benzene rings is 2. The summed E-state index contributed by atoms with van der Waals surface area (Å²) in [5, 5.41) is 0. The number of hydrogen-bond acceptors (Lipinski definition) is 0. The minimum absolute atomic E-state index is 0.0984. The van der Waals surface area contributed by atoms with Crippen molar-refractivity contribution in [2.45, 2.75) is 3.74 Å². The fraction of sp³-hybridized carbons (Fsp3) is 0.0769. The normalized spacial score (nSPS) is 10.8. The van der Waals surface area contributed by atoms with Crippen LogP contribution in [0.5, 0.6) is 0 Å². The molecule has 2 aromatic rings. The molecule has 0 bridgehead atoms. The van der Waals surface area contributed by atoms with Crippen LogP contribution in [0.3, 0.4) is 0 Å². The van der Waals surface area contributed by atoms with E-state index in [1.54, 1.807) is 12.1 Å². The van der Waals surface area contributed by atoms with E-state index in [9.17, 15) is 4.39 Å². The van der Waals surface area contributed by atoms with Gasteiger partial charge in [0.2, 0.25) is 0 Å². The van der Waals surface area contributed by atoms with Crippen LogP contribution in [0.4, 0.5) is 4.39 Å². The fourth-order valence-electron chi connectivity index (χ4n) is 1.58. The Labute approximate surface area is 111 Å². The lowest BCUT2D eigenvalue weighted by Crippen LogP contribution is -1.87. The molecule has 82 valence electrons. The van der Waals surface area contributed by atoms with Gasteiger partial charge in [0.15, 0.2) is 0 Å². The van der Waals surface area contributed by atoms with E-state index in [-0.39, 0.29) is 9.55 Å². The number of halogens is 3. The molecule has 3 heteroatoms. The smallest absolute Gasteiger partial charge is 0.123 e. The van der Waals surface area contributed by atoms with Gasteiger partial charge in [0.25, 0.3) is 0 Å². The molecule has 2 aromatic carbocycles. The molecule has 2 rings (SSSR count). The molecule has 0 saturated heterocycles. The number of alkyl halides is 2. The zero-order valence-electron chi connectivity index (χ0n) is 8.33. The summed E-state index contributed by atoms with van der Waals surface area (Å²) in [4.78, 5) is 0. The monoisotopic (exact) mass is 342 g/mol. The molecule has 16 heavy (non-hydrogen) atoms. The second kappa shape index (κ2) is 5.11. The van der Waals surface area contributed by atoms with Crippen LogP contribution in [0.15, 0.2) is 48.5 Å². The Kier molecular flexibility index (Phi) is 3.77. The highest BCUT2D eigenvalue weighted by atomic mass is 79.9. The van der Waals surface area contributed by atoms with E-state index < -0.39 is 0 Å². The maximum absolute atomic E-state index is 12.8. The highest BCUT2D eigenvalue weighted by Gasteiger charge is 2.09. The van der Waals surface area contributed by atoms with Crippen molar-refractivity contribution in [3.63, 3.8) is 0 Å². The molecule has 0 radical (unpaired) electrons. The Hall–Kier alpha value is -0.670. The first kappa shape index (κ1) is 11.8. The Bertz CT molecular complexity index is 478. The lowest BCUT2D eigenvalue weighted by molar-refractivity contribution is 0.628. The Morgan fingerprint density at radius 3 is 2.12 bits per heavy atom. The van der Waals surface area contributed by atoms with Gasteiger partial charge in [0.1, 0.15) is 5.82 Å². The van der Waals surface area contributed by atoms with Crippen LogP contribution < -0.4 is 0 Å². The zero-order valence-corrected chi connectivity index (χ0v) is 11.5. The van der Waals surface area contributed by atoms with Gasteiger partial charge in [0.05, 0.1) is 3.74 Å². The zero-order chi connectivity index (χ0) is 11.5.